The molecule has 0 aliphatic carbocycles. The van der Waals surface area contributed by atoms with E-state index in [-0.39, 0.29) is 0 Å². The predicted octanol–water partition coefficient (Wildman–Crippen LogP) is 2.27. The molecule has 0 amide bonds. The van der Waals surface area contributed by atoms with Gasteiger partial charge in [-0.1, -0.05) is 13.5 Å². The number of hydrogen-bond acceptors (Lipinski definition) is 1. The van der Waals surface area contributed by atoms with Crippen molar-refractivity contribution in [3.63, 3.8) is 0 Å². The van der Waals surface area contributed by atoms with Crippen molar-refractivity contribution in [1.29, 1.82) is 0 Å². The summed E-state index contributed by atoms with van der Waals surface area (Å²) in [4.78, 5) is 0. The summed E-state index contributed by atoms with van der Waals surface area (Å²) in [7, 11) is 0. The second-order valence-corrected chi connectivity index (χ2v) is 1.48. The fraction of sp³-hybridized carbons (Fsp3) is 0.375. The van der Waals surface area contributed by atoms with E-state index in [0.29, 0.717) is 6.61 Å². The monoisotopic (exact) mass is 124 g/mol. The van der Waals surface area contributed by atoms with Crippen LogP contribution in [0, 0.1) is 0 Å². The fourth-order valence-electron chi connectivity index (χ4n) is 0.365. The maximum Gasteiger partial charge on any atom is 0.113 e. The van der Waals surface area contributed by atoms with Crippen LogP contribution in [0.25, 0.3) is 0 Å². The summed E-state index contributed by atoms with van der Waals surface area (Å²) in [5.41, 5.74) is 2.95. The Hall–Kier alpha value is -0.940. The van der Waals surface area contributed by atoms with Crippen molar-refractivity contribution in [2.45, 2.75) is 13.3 Å². The minimum Gasteiger partial charge on any atom is -0.497 e. The van der Waals surface area contributed by atoms with Crippen LogP contribution in [0.1, 0.15) is 13.3 Å². The SMILES string of the molecule is C=COCC=C=CCC. The second-order valence-electron chi connectivity index (χ2n) is 1.48. The molecule has 0 heterocycles. The van der Waals surface area contributed by atoms with E-state index in [4.69, 9.17) is 4.74 Å². The van der Waals surface area contributed by atoms with E-state index >= 15 is 0 Å². The van der Waals surface area contributed by atoms with E-state index in [0.717, 1.165) is 6.42 Å². The van der Waals surface area contributed by atoms with Crippen LogP contribution >= 0.6 is 0 Å². The van der Waals surface area contributed by atoms with E-state index in [9.17, 15) is 0 Å². The van der Waals surface area contributed by atoms with Crippen molar-refractivity contribution >= 4 is 0 Å². The van der Waals surface area contributed by atoms with Crippen LogP contribution in [0.15, 0.2) is 30.7 Å². The van der Waals surface area contributed by atoms with Crippen LogP contribution in [0.2, 0.25) is 0 Å². The molecule has 1 heteroatoms. The van der Waals surface area contributed by atoms with Gasteiger partial charge in [-0.3, -0.25) is 0 Å². The summed E-state index contributed by atoms with van der Waals surface area (Å²) in [6, 6.07) is 0. The van der Waals surface area contributed by atoms with Crippen LogP contribution in [0.5, 0.6) is 0 Å². The van der Waals surface area contributed by atoms with Gasteiger partial charge in [-0.15, -0.1) is 5.73 Å². The third-order valence-corrected chi connectivity index (χ3v) is 0.737. The lowest BCUT2D eigenvalue weighted by atomic mass is 10.4. The van der Waals surface area contributed by atoms with Crippen LogP contribution in [0.3, 0.4) is 0 Å². The maximum atomic E-state index is 4.81. The van der Waals surface area contributed by atoms with Crippen LogP contribution in [-0.4, -0.2) is 6.61 Å². The zero-order valence-electron chi connectivity index (χ0n) is 5.76. The first-order chi connectivity index (χ1) is 4.41. The standard InChI is InChI=1S/C8H12O/c1-3-5-6-7-8-9-4-2/h4-5,7H,2-3,8H2,1H3. The minimum atomic E-state index is 0.569. The lowest BCUT2D eigenvalue weighted by Gasteiger charge is -1.87. The molecule has 0 aliphatic rings. The smallest absolute Gasteiger partial charge is 0.113 e. The largest absolute Gasteiger partial charge is 0.497 e. The van der Waals surface area contributed by atoms with Gasteiger partial charge in [0, 0.05) is 0 Å². The highest BCUT2D eigenvalue weighted by Gasteiger charge is 1.66. The Balaban J connectivity index is 3.23. The average Bonchev–Trinajstić information content (AvgIpc) is 1.89. The number of ether oxygens (including phenoxy) is 1. The quantitative estimate of drug-likeness (QED) is 0.317. The molecular weight excluding hydrogens is 112 g/mol. The molecule has 0 unspecified atom stereocenters. The fourth-order valence-corrected chi connectivity index (χ4v) is 0.365. The molecule has 0 saturated carbocycles. The molecule has 0 N–H and O–H groups in total. The normalized spacial score (nSPS) is 7.22. The molecule has 0 aromatic carbocycles. The molecule has 0 aromatic heterocycles. The Labute approximate surface area is 56.3 Å². The summed E-state index contributed by atoms with van der Waals surface area (Å²) in [6.45, 7) is 6.03. The summed E-state index contributed by atoms with van der Waals surface area (Å²) in [6.07, 6.45) is 6.21. The minimum absolute atomic E-state index is 0.569. The molecule has 0 saturated heterocycles. The summed E-state index contributed by atoms with van der Waals surface area (Å²) in [5, 5.41) is 0. The second kappa shape index (κ2) is 7.06. The zero-order valence-corrected chi connectivity index (χ0v) is 5.76. The number of rotatable bonds is 4. The highest BCUT2D eigenvalue weighted by Crippen LogP contribution is 1.77. The van der Waals surface area contributed by atoms with E-state index in [1.54, 1.807) is 0 Å². The summed E-state index contributed by atoms with van der Waals surface area (Å²) >= 11 is 0. The molecule has 0 bridgehead atoms. The zero-order chi connectivity index (χ0) is 6.95. The highest BCUT2D eigenvalue weighted by molar-refractivity contribution is 4.83. The van der Waals surface area contributed by atoms with E-state index in [2.05, 4.69) is 19.2 Å². The lowest BCUT2D eigenvalue weighted by Crippen LogP contribution is -1.76. The van der Waals surface area contributed by atoms with Crippen LogP contribution in [0.4, 0.5) is 0 Å². The van der Waals surface area contributed by atoms with Gasteiger partial charge in [0.25, 0.3) is 0 Å². The predicted molar refractivity (Wildman–Crippen MR) is 39.1 cm³/mol. The first-order valence-corrected chi connectivity index (χ1v) is 3.03. The first-order valence-electron chi connectivity index (χ1n) is 3.03. The van der Waals surface area contributed by atoms with Crippen LogP contribution in [-0.2, 0) is 4.74 Å². The van der Waals surface area contributed by atoms with Crippen molar-refractivity contribution in [2.24, 2.45) is 0 Å². The highest BCUT2D eigenvalue weighted by atomic mass is 16.5. The third-order valence-electron chi connectivity index (χ3n) is 0.737. The Morgan fingerprint density at radius 2 is 2.33 bits per heavy atom. The van der Waals surface area contributed by atoms with E-state index in [1.165, 1.54) is 6.26 Å². The van der Waals surface area contributed by atoms with Gasteiger partial charge in [0.15, 0.2) is 0 Å². The van der Waals surface area contributed by atoms with Crippen molar-refractivity contribution < 1.29 is 4.74 Å². The molecule has 0 atom stereocenters. The van der Waals surface area contributed by atoms with Crippen LogP contribution < -0.4 is 0 Å². The molecule has 0 aliphatic heterocycles. The molecule has 0 rings (SSSR count). The van der Waals surface area contributed by atoms with E-state index < -0.39 is 0 Å². The Kier molecular flexibility index (Phi) is 6.32. The topological polar surface area (TPSA) is 9.23 Å². The van der Waals surface area contributed by atoms with Crippen molar-refractivity contribution in [3.05, 3.63) is 30.7 Å². The Bertz CT molecular complexity index is 119. The molecule has 0 fully saturated rings. The van der Waals surface area contributed by atoms with Crippen molar-refractivity contribution in [2.75, 3.05) is 6.61 Å². The lowest BCUT2D eigenvalue weighted by molar-refractivity contribution is 0.291. The van der Waals surface area contributed by atoms with Gasteiger partial charge in [-0.25, -0.2) is 0 Å². The molecule has 1 nitrogen and oxygen atoms in total. The molecule has 50 valence electrons. The van der Waals surface area contributed by atoms with Gasteiger partial charge >= 0.3 is 0 Å². The molecule has 9 heavy (non-hydrogen) atoms. The molecule has 0 aromatic rings. The van der Waals surface area contributed by atoms with Gasteiger partial charge in [-0.05, 0) is 18.6 Å². The van der Waals surface area contributed by atoms with Gasteiger partial charge in [0.2, 0.25) is 0 Å². The van der Waals surface area contributed by atoms with Gasteiger partial charge < -0.3 is 4.74 Å². The third kappa shape index (κ3) is 7.06. The van der Waals surface area contributed by atoms with Gasteiger partial charge in [-0.2, -0.15) is 0 Å². The van der Waals surface area contributed by atoms with Gasteiger partial charge in [0.1, 0.15) is 6.61 Å². The molecule has 0 spiro atoms. The molecule has 0 radical (unpaired) electrons. The molecular formula is C8H12O. The van der Waals surface area contributed by atoms with Crippen molar-refractivity contribution in [3.8, 4) is 0 Å². The average molecular weight is 124 g/mol. The summed E-state index contributed by atoms with van der Waals surface area (Å²) in [5.74, 6) is 0. The Morgan fingerprint density at radius 1 is 1.56 bits per heavy atom. The van der Waals surface area contributed by atoms with Gasteiger partial charge in [0.05, 0.1) is 6.26 Å². The maximum absolute atomic E-state index is 4.81. The Morgan fingerprint density at radius 3 is 2.89 bits per heavy atom. The summed E-state index contributed by atoms with van der Waals surface area (Å²) < 4.78 is 4.81. The van der Waals surface area contributed by atoms with Crippen molar-refractivity contribution in [1.82, 2.24) is 0 Å². The first kappa shape index (κ1) is 8.06. The number of hydrogen-bond donors (Lipinski definition) is 0. The van der Waals surface area contributed by atoms with E-state index in [1.807, 2.05) is 12.2 Å².